The SMILES string of the molecule is Cc1nc(NCc2cnn(Cc3ncccc3C(F)(F)F)c2)nc2c1NC(=O)[C@H](C(C)C)N2C. The molecule has 0 unspecified atom stereocenters. The maximum absolute atomic E-state index is 13.2. The number of aromatic nitrogens is 5. The zero-order valence-electron chi connectivity index (χ0n) is 19.2. The molecule has 12 heteroatoms. The van der Waals surface area contributed by atoms with Crippen molar-refractivity contribution in [2.45, 2.75) is 46.1 Å². The standard InChI is InChI=1S/C22H25F3N8O/c1-12(2)18-20(34)30-17-13(3)29-21(31-19(17)32(18)4)27-8-14-9-28-33(10-14)11-16-15(22(23,24)25)6-5-7-26-16/h5-7,9-10,12,18H,8,11H2,1-4H3,(H,30,34)(H,27,29,31)/t18-/m0/s1. The minimum atomic E-state index is -4.48. The number of halogens is 3. The highest BCUT2D eigenvalue weighted by atomic mass is 19.4. The molecule has 1 atom stereocenters. The lowest BCUT2D eigenvalue weighted by atomic mass is 9.99. The van der Waals surface area contributed by atoms with Crippen LogP contribution in [0.2, 0.25) is 0 Å². The quantitative estimate of drug-likeness (QED) is 0.564. The van der Waals surface area contributed by atoms with Gasteiger partial charge >= 0.3 is 6.18 Å². The molecule has 0 radical (unpaired) electrons. The molecule has 9 nitrogen and oxygen atoms in total. The van der Waals surface area contributed by atoms with E-state index in [9.17, 15) is 18.0 Å². The van der Waals surface area contributed by atoms with Gasteiger partial charge in [0.25, 0.3) is 0 Å². The molecule has 4 heterocycles. The smallest absolute Gasteiger partial charge is 0.350 e. The van der Waals surface area contributed by atoms with Gasteiger partial charge in [0.1, 0.15) is 11.7 Å². The maximum Gasteiger partial charge on any atom is 0.418 e. The Morgan fingerprint density at radius 3 is 2.74 bits per heavy atom. The maximum atomic E-state index is 13.2. The first-order valence-electron chi connectivity index (χ1n) is 10.7. The Bertz CT molecular complexity index is 1210. The Morgan fingerprint density at radius 1 is 1.26 bits per heavy atom. The first kappa shape index (κ1) is 23.5. The van der Waals surface area contributed by atoms with Crippen molar-refractivity contribution in [1.29, 1.82) is 0 Å². The van der Waals surface area contributed by atoms with E-state index >= 15 is 0 Å². The monoisotopic (exact) mass is 474 g/mol. The van der Waals surface area contributed by atoms with E-state index in [0.29, 0.717) is 29.7 Å². The van der Waals surface area contributed by atoms with Gasteiger partial charge in [-0.1, -0.05) is 13.8 Å². The van der Waals surface area contributed by atoms with Gasteiger partial charge in [-0.15, -0.1) is 0 Å². The molecule has 3 aromatic heterocycles. The molecular weight excluding hydrogens is 449 g/mol. The number of alkyl halides is 3. The van der Waals surface area contributed by atoms with E-state index in [-0.39, 0.29) is 30.1 Å². The number of likely N-dealkylation sites (N-methyl/N-ethyl adjacent to an activating group) is 1. The van der Waals surface area contributed by atoms with Crippen molar-refractivity contribution in [2.24, 2.45) is 5.92 Å². The molecular formula is C22H25F3N8O. The highest BCUT2D eigenvalue weighted by Crippen LogP contribution is 2.34. The molecule has 0 saturated heterocycles. The number of carbonyl (C=O) groups excluding carboxylic acids is 1. The molecule has 1 aliphatic heterocycles. The zero-order valence-corrected chi connectivity index (χ0v) is 19.2. The zero-order chi connectivity index (χ0) is 24.6. The predicted octanol–water partition coefficient (Wildman–Crippen LogP) is 3.47. The number of nitrogens with zero attached hydrogens (tertiary/aromatic N) is 6. The molecule has 0 aromatic carbocycles. The van der Waals surface area contributed by atoms with E-state index < -0.39 is 11.7 Å². The van der Waals surface area contributed by atoms with Gasteiger partial charge in [-0.05, 0) is 25.0 Å². The topological polar surface area (TPSA) is 101 Å². The summed E-state index contributed by atoms with van der Waals surface area (Å²) < 4.78 is 41.1. The summed E-state index contributed by atoms with van der Waals surface area (Å²) in [5.74, 6) is 0.997. The number of amides is 1. The molecule has 34 heavy (non-hydrogen) atoms. The number of nitrogens with one attached hydrogen (secondary N) is 2. The summed E-state index contributed by atoms with van der Waals surface area (Å²) >= 11 is 0. The van der Waals surface area contributed by atoms with Gasteiger partial charge in [0.2, 0.25) is 11.9 Å². The van der Waals surface area contributed by atoms with E-state index in [1.165, 1.54) is 16.9 Å². The minimum absolute atomic E-state index is 0.0904. The number of carbonyl (C=O) groups is 1. The lowest BCUT2D eigenvalue weighted by molar-refractivity contribution is -0.138. The van der Waals surface area contributed by atoms with Gasteiger partial charge in [0.05, 0.1) is 29.7 Å². The van der Waals surface area contributed by atoms with Crippen LogP contribution in [0.3, 0.4) is 0 Å². The Labute approximate surface area is 194 Å². The van der Waals surface area contributed by atoms with Gasteiger partial charge in [-0.2, -0.15) is 23.3 Å². The predicted molar refractivity (Wildman–Crippen MR) is 120 cm³/mol. The second-order valence-electron chi connectivity index (χ2n) is 8.52. The van der Waals surface area contributed by atoms with E-state index in [2.05, 4.69) is 30.7 Å². The lowest BCUT2D eigenvalue weighted by Gasteiger charge is -2.36. The molecule has 0 aliphatic carbocycles. The highest BCUT2D eigenvalue weighted by molar-refractivity contribution is 6.03. The van der Waals surface area contributed by atoms with Crippen LogP contribution in [0.4, 0.5) is 30.6 Å². The van der Waals surface area contributed by atoms with Crippen LogP contribution in [-0.2, 0) is 24.1 Å². The molecule has 0 spiro atoms. The Morgan fingerprint density at radius 2 is 2.03 bits per heavy atom. The molecule has 1 amide bonds. The van der Waals surface area contributed by atoms with Gasteiger partial charge in [0.15, 0.2) is 5.82 Å². The van der Waals surface area contributed by atoms with Crippen LogP contribution in [0.1, 0.15) is 36.4 Å². The van der Waals surface area contributed by atoms with Crippen molar-refractivity contribution in [3.8, 4) is 0 Å². The summed E-state index contributed by atoms with van der Waals surface area (Å²) in [6, 6.07) is 1.92. The second kappa shape index (κ2) is 8.92. The fourth-order valence-electron chi connectivity index (χ4n) is 4.03. The summed E-state index contributed by atoms with van der Waals surface area (Å²) in [7, 11) is 1.83. The molecule has 180 valence electrons. The van der Waals surface area contributed by atoms with Crippen molar-refractivity contribution >= 4 is 23.4 Å². The fourth-order valence-corrected chi connectivity index (χ4v) is 4.03. The van der Waals surface area contributed by atoms with Crippen LogP contribution < -0.4 is 15.5 Å². The van der Waals surface area contributed by atoms with Crippen LogP contribution in [0.15, 0.2) is 30.7 Å². The number of hydrogen-bond donors (Lipinski definition) is 2. The van der Waals surface area contributed by atoms with Crippen LogP contribution in [0.25, 0.3) is 0 Å². The molecule has 0 fully saturated rings. The Hall–Kier alpha value is -3.70. The van der Waals surface area contributed by atoms with Crippen molar-refractivity contribution in [2.75, 3.05) is 22.6 Å². The number of pyridine rings is 1. The van der Waals surface area contributed by atoms with E-state index in [0.717, 1.165) is 11.6 Å². The first-order chi connectivity index (χ1) is 16.0. The number of aryl methyl sites for hydroxylation is 1. The van der Waals surface area contributed by atoms with Gasteiger partial charge in [0, 0.05) is 31.5 Å². The molecule has 4 rings (SSSR count). The summed E-state index contributed by atoms with van der Waals surface area (Å²) in [5.41, 5.74) is 1.07. The van der Waals surface area contributed by atoms with Gasteiger partial charge < -0.3 is 15.5 Å². The minimum Gasteiger partial charge on any atom is -0.350 e. The third-order valence-electron chi connectivity index (χ3n) is 5.62. The number of rotatable bonds is 6. The van der Waals surface area contributed by atoms with E-state index in [4.69, 9.17) is 0 Å². The normalized spacial score (nSPS) is 15.9. The van der Waals surface area contributed by atoms with Crippen LogP contribution in [-0.4, -0.2) is 43.7 Å². The van der Waals surface area contributed by atoms with Crippen molar-refractivity contribution in [1.82, 2.24) is 24.7 Å². The Kier molecular flexibility index (Phi) is 6.15. The summed E-state index contributed by atoms with van der Waals surface area (Å²) in [6.45, 7) is 5.94. The highest BCUT2D eigenvalue weighted by Gasteiger charge is 2.35. The van der Waals surface area contributed by atoms with E-state index in [1.807, 2.05) is 25.8 Å². The first-order valence-corrected chi connectivity index (χ1v) is 10.7. The van der Waals surface area contributed by atoms with Crippen molar-refractivity contribution < 1.29 is 18.0 Å². The molecule has 0 bridgehead atoms. The number of anilines is 3. The van der Waals surface area contributed by atoms with Crippen LogP contribution >= 0.6 is 0 Å². The number of hydrogen-bond acceptors (Lipinski definition) is 7. The molecule has 1 aliphatic rings. The molecule has 3 aromatic rings. The average molecular weight is 474 g/mol. The van der Waals surface area contributed by atoms with Gasteiger partial charge in [-0.25, -0.2) is 4.98 Å². The third-order valence-corrected chi connectivity index (χ3v) is 5.62. The summed E-state index contributed by atoms with van der Waals surface area (Å²) in [6.07, 6.45) is 0.0589. The van der Waals surface area contributed by atoms with Crippen LogP contribution in [0, 0.1) is 12.8 Å². The Balaban J connectivity index is 1.48. The van der Waals surface area contributed by atoms with Crippen molar-refractivity contribution in [3.05, 3.63) is 53.2 Å². The van der Waals surface area contributed by atoms with Gasteiger partial charge in [-0.3, -0.25) is 14.5 Å². The van der Waals surface area contributed by atoms with Crippen molar-refractivity contribution in [3.63, 3.8) is 0 Å². The lowest BCUT2D eigenvalue weighted by Crippen LogP contribution is -2.49. The second-order valence-corrected chi connectivity index (χ2v) is 8.52. The largest absolute Gasteiger partial charge is 0.418 e. The summed E-state index contributed by atoms with van der Waals surface area (Å²) in [4.78, 5) is 27.2. The molecule has 2 N–H and O–H groups in total. The number of fused-ring (bicyclic) bond motifs is 1. The summed E-state index contributed by atoms with van der Waals surface area (Å²) in [5, 5.41) is 10.2. The molecule has 0 saturated carbocycles. The third kappa shape index (κ3) is 4.66. The van der Waals surface area contributed by atoms with E-state index in [1.54, 1.807) is 19.3 Å². The average Bonchev–Trinajstić information content (AvgIpc) is 3.20. The fraction of sp³-hybridized carbons (Fsp3) is 0.409. The van der Waals surface area contributed by atoms with Crippen LogP contribution in [0.5, 0.6) is 0 Å².